The first-order valence-corrected chi connectivity index (χ1v) is 8.13. The Morgan fingerprint density at radius 1 is 1.09 bits per heavy atom. The van der Waals surface area contributed by atoms with Crippen LogP contribution in [0, 0.1) is 5.92 Å². The molecule has 4 nitrogen and oxygen atoms in total. The third-order valence-electron chi connectivity index (χ3n) is 4.67. The minimum Gasteiger partial charge on any atom is -0.458 e. The Labute approximate surface area is 135 Å². The lowest BCUT2D eigenvalue weighted by atomic mass is 9.86. The van der Waals surface area contributed by atoms with Crippen molar-refractivity contribution in [3.8, 4) is 17.1 Å². The molecule has 1 atom stereocenters. The highest BCUT2D eigenvalue weighted by atomic mass is 35.5. The highest BCUT2D eigenvalue weighted by molar-refractivity contribution is 6.33. The average Bonchev–Trinajstić information content (AvgIpc) is 2.57. The first kappa shape index (κ1) is 14.0. The Morgan fingerprint density at radius 3 is 2.45 bits per heavy atom. The van der Waals surface area contributed by atoms with Crippen LogP contribution in [-0.4, -0.2) is 40.6 Å². The maximum atomic E-state index is 6.20. The Balaban J connectivity index is 1.49. The van der Waals surface area contributed by atoms with E-state index in [0.29, 0.717) is 17.0 Å². The fraction of sp³-hybridized carbons (Fsp3) is 0.412. The van der Waals surface area contributed by atoms with Crippen LogP contribution in [0.1, 0.15) is 12.8 Å². The molecule has 22 heavy (non-hydrogen) atoms. The van der Waals surface area contributed by atoms with E-state index in [2.05, 4.69) is 14.9 Å². The summed E-state index contributed by atoms with van der Waals surface area (Å²) in [6, 6.07) is 8.18. The van der Waals surface area contributed by atoms with E-state index in [1.54, 1.807) is 12.4 Å². The van der Waals surface area contributed by atoms with Gasteiger partial charge in [-0.3, -0.25) is 4.90 Å². The fourth-order valence-electron chi connectivity index (χ4n) is 3.39. The normalized spacial score (nSPS) is 26.9. The molecule has 0 radical (unpaired) electrons. The summed E-state index contributed by atoms with van der Waals surface area (Å²) in [5.41, 5.74) is 1.85. The minimum atomic E-state index is 0.230. The summed E-state index contributed by atoms with van der Waals surface area (Å²) in [5, 5.41) is 0.706. The number of ether oxygens (including phenoxy) is 1. The van der Waals surface area contributed by atoms with Crippen molar-refractivity contribution in [2.24, 2.45) is 5.92 Å². The summed E-state index contributed by atoms with van der Waals surface area (Å²) < 4.78 is 6.01. The summed E-state index contributed by atoms with van der Waals surface area (Å²) in [7, 11) is 0. The lowest BCUT2D eigenvalue weighted by Gasteiger charge is -2.43. The van der Waals surface area contributed by atoms with Crippen LogP contribution in [0.5, 0.6) is 6.01 Å². The second kappa shape index (κ2) is 5.86. The number of nitrogens with zero attached hydrogens (tertiary/aromatic N) is 3. The van der Waals surface area contributed by atoms with E-state index in [-0.39, 0.29) is 6.10 Å². The summed E-state index contributed by atoms with van der Waals surface area (Å²) in [5.74, 6) is 0.650. The molecule has 3 aliphatic rings. The van der Waals surface area contributed by atoms with Gasteiger partial charge in [-0.2, -0.15) is 0 Å². The Hall–Kier alpha value is -1.65. The van der Waals surface area contributed by atoms with Crippen molar-refractivity contribution in [3.63, 3.8) is 0 Å². The van der Waals surface area contributed by atoms with E-state index in [1.165, 1.54) is 25.9 Å². The summed E-state index contributed by atoms with van der Waals surface area (Å²) in [6.45, 7) is 3.41. The van der Waals surface area contributed by atoms with Gasteiger partial charge in [-0.05, 0) is 37.9 Å². The lowest BCUT2D eigenvalue weighted by Crippen LogP contribution is -2.52. The second-order valence-corrected chi connectivity index (χ2v) is 6.44. The quantitative estimate of drug-likeness (QED) is 0.871. The summed E-state index contributed by atoms with van der Waals surface area (Å²) >= 11 is 6.20. The SMILES string of the molecule is Clc1ccccc1-c1cnc(O[C@H]2CN3CCC2CC3)nc1. The molecule has 0 amide bonds. The van der Waals surface area contributed by atoms with E-state index < -0.39 is 0 Å². The van der Waals surface area contributed by atoms with Gasteiger partial charge in [0.2, 0.25) is 0 Å². The molecule has 0 aliphatic carbocycles. The zero-order chi connectivity index (χ0) is 14.9. The van der Waals surface area contributed by atoms with Crippen LogP contribution in [0.25, 0.3) is 11.1 Å². The molecule has 2 bridgehead atoms. The van der Waals surface area contributed by atoms with Gasteiger partial charge >= 0.3 is 6.01 Å². The van der Waals surface area contributed by atoms with Crippen LogP contribution < -0.4 is 4.74 Å². The molecule has 3 aliphatic heterocycles. The smallest absolute Gasteiger partial charge is 0.316 e. The first-order chi connectivity index (χ1) is 10.8. The summed E-state index contributed by atoms with van der Waals surface area (Å²) in [6.07, 6.45) is 6.24. The van der Waals surface area contributed by atoms with Crippen LogP contribution in [0.4, 0.5) is 0 Å². The lowest BCUT2D eigenvalue weighted by molar-refractivity contribution is -0.0123. The van der Waals surface area contributed by atoms with Gasteiger partial charge in [0.1, 0.15) is 6.10 Å². The van der Waals surface area contributed by atoms with Gasteiger partial charge in [0, 0.05) is 35.1 Å². The predicted molar refractivity (Wildman–Crippen MR) is 86.1 cm³/mol. The minimum absolute atomic E-state index is 0.230. The van der Waals surface area contributed by atoms with Gasteiger partial charge in [0.05, 0.1) is 0 Å². The number of rotatable bonds is 3. The Kier molecular flexibility index (Phi) is 3.72. The van der Waals surface area contributed by atoms with Crippen LogP contribution in [0.2, 0.25) is 5.02 Å². The van der Waals surface area contributed by atoms with Crippen molar-refractivity contribution in [3.05, 3.63) is 41.7 Å². The Morgan fingerprint density at radius 2 is 1.82 bits per heavy atom. The molecule has 4 heterocycles. The number of benzene rings is 1. The van der Waals surface area contributed by atoms with Gasteiger partial charge < -0.3 is 4.74 Å². The van der Waals surface area contributed by atoms with Gasteiger partial charge in [0.15, 0.2) is 0 Å². The van der Waals surface area contributed by atoms with Gasteiger partial charge in [-0.1, -0.05) is 29.8 Å². The van der Waals surface area contributed by atoms with Crippen LogP contribution in [0.15, 0.2) is 36.7 Å². The number of fused-ring (bicyclic) bond motifs is 3. The van der Waals surface area contributed by atoms with Crippen molar-refractivity contribution in [2.75, 3.05) is 19.6 Å². The molecule has 0 saturated carbocycles. The third-order valence-corrected chi connectivity index (χ3v) is 5.00. The van der Waals surface area contributed by atoms with Crippen molar-refractivity contribution in [1.82, 2.24) is 14.9 Å². The maximum Gasteiger partial charge on any atom is 0.316 e. The van der Waals surface area contributed by atoms with Crippen molar-refractivity contribution in [2.45, 2.75) is 18.9 Å². The summed E-state index contributed by atoms with van der Waals surface area (Å²) in [4.78, 5) is 11.2. The predicted octanol–water partition coefficient (Wildman–Crippen LogP) is 3.27. The topological polar surface area (TPSA) is 38.2 Å². The zero-order valence-electron chi connectivity index (χ0n) is 12.3. The van der Waals surface area contributed by atoms with Crippen molar-refractivity contribution >= 4 is 11.6 Å². The molecule has 3 fully saturated rings. The fourth-order valence-corrected chi connectivity index (χ4v) is 3.64. The van der Waals surface area contributed by atoms with Crippen LogP contribution in [0.3, 0.4) is 0 Å². The molecular formula is C17H18ClN3O. The number of aromatic nitrogens is 2. The van der Waals surface area contributed by atoms with E-state index in [0.717, 1.165) is 17.7 Å². The second-order valence-electron chi connectivity index (χ2n) is 6.03. The highest BCUT2D eigenvalue weighted by Crippen LogP contribution is 2.30. The number of hydrogen-bond donors (Lipinski definition) is 0. The molecule has 5 rings (SSSR count). The molecule has 5 heteroatoms. The molecule has 0 spiro atoms. The van der Waals surface area contributed by atoms with E-state index in [1.807, 2.05) is 24.3 Å². The first-order valence-electron chi connectivity index (χ1n) is 7.75. The maximum absolute atomic E-state index is 6.20. The number of halogens is 1. The average molecular weight is 316 g/mol. The molecule has 114 valence electrons. The zero-order valence-corrected chi connectivity index (χ0v) is 13.0. The van der Waals surface area contributed by atoms with Crippen LogP contribution >= 0.6 is 11.6 Å². The van der Waals surface area contributed by atoms with Gasteiger partial charge in [0.25, 0.3) is 0 Å². The highest BCUT2D eigenvalue weighted by Gasteiger charge is 2.35. The van der Waals surface area contributed by atoms with E-state index >= 15 is 0 Å². The third kappa shape index (κ3) is 2.69. The molecule has 1 aromatic heterocycles. The van der Waals surface area contributed by atoms with Crippen LogP contribution in [-0.2, 0) is 0 Å². The monoisotopic (exact) mass is 315 g/mol. The standard InChI is InChI=1S/C17H18ClN3O/c18-15-4-2-1-3-14(15)13-9-19-17(20-10-13)22-16-11-21-7-5-12(16)6-8-21/h1-4,9-10,12,16H,5-8,11H2/t16-/m0/s1. The largest absolute Gasteiger partial charge is 0.458 e. The molecule has 0 unspecified atom stereocenters. The number of piperidine rings is 3. The van der Waals surface area contributed by atoms with Crippen molar-refractivity contribution in [1.29, 1.82) is 0 Å². The van der Waals surface area contributed by atoms with Gasteiger partial charge in [-0.25, -0.2) is 9.97 Å². The van der Waals surface area contributed by atoms with Crippen molar-refractivity contribution < 1.29 is 4.74 Å². The molecule has 1 aromatic carbocycles. The molecule has 0 N–H and O–H groups in total. The Bertz CT molecular complexity index is 653. The molecule has 3 saturated heterocycles. The number of hydrogen-bond acceptors (Lipinski definition) is 4. The van der Waals surface area contributed by atoms with Gasteiger partial charge in [-0.15, -0.1) is 0 Å². The van der Waals surface area contributed by atoms with E-state index in [4.69, 9.17) is 16.3 Å². The van der Waals surface area contributed by atoms with E-state index in [9.17, 15) is 0 Å². The molecular weight excluding hydrogens is 298 g/mol. The molecule has 2 aromatic rings.